The standard InChI is InChI=1S/C22H23ClN2O3/c1-14(27)25-22(2,3)20-19(17-5-4-6-18(23)13-17)28-21(24-20)16-9-7-15(8-10-16)11-12-26/h4-10,13,26H,11-12H2,1-3H3,(H,25,27). The summed E-state index contributed by atoms with van der Waals surface area (Å²) in [6.07, 6.45) is 0.598. The van der Waals surface area contributed by atoms with Crippen molar-refractivity contribution in [3.63, 3.8) is 0 Å². The van der Waals surface area contributed by atoms with E-state index in [4.69, 9.17) is 26.1 Å². The summed E-state index contributed by atoms with van der Waals surface area (Å²) in [4.78, 5) is 16.4. The zero-order valence-corrected chi connectivity index (χ0v) is 16.9. The van der Waals surface area contributed by atoms with Crippen LogP contribution in [-0.4, -0.2) is 22.6 Å². The summed E-state index contributed by atoms with van der Waals surface area (Å²) in [5.74, 6) is 0.870. The molecule has 0 radical (unpaired) electrons. The number of nitrogens with one attached hydrogen (secondary N) is 1. The minimum absolute atomic E-state index is 0.103. The van der Waals surface area contributed by atoms with Crippen LogP contribution in [-0.2, 0) is 16.8 Å². The average Bonchev–Trinajstić information content (AvgIpc) is 3.08. The molecule has 0 saturated carbocycles. The van der Waals surface area contributed by atoms with Crippen molar-refractivity contribution in [3.05, 3.63) is 64.8 Å². The van der Waals surface area contributed by atoms with Crippen molar-refractivity contribution in [3.8, 4) is 22.8 Å². The van der Waals surface area contributed by atoms with Gasteiger partial charge in [-0.3, -0.25) is 4.79 Å². The van der Waals surface area contributed by atoms with E-state index in [1.54, 1.807) is 6.07 Å². The Balaban J connectivity index is 2.10. The predicted octanol–water partition coefficient (Wildman–Crippen LogP) is 4.57. The molecular formula is C22H23ClN2O3. The highest BCUT2D eigenvalue weighted by molar-refractivity contribution is 6.30. The number of benzene rings is 2. The Morgan fingerprint density at radius 3 is 2.50 bits per heavy atom. The van der Waals surface area contributed by atoms with Gasteiger partial charge in [-0.05, 0) is 50.1 Å². The third-order valence-corrected chi connectivity index (χ3v) is 4.63. The van der Waals surface area contributed by atoms with Crippen LogP contribution in [0.3, 0.4) is 0 Å². The molecule has 1 heterocycles. The van der Waals surface area contributed by atoms with Crippen LogP contribution >= 0.6 is 11.6 Å². The van der Waals surface area contributed by atoms with Crippen molar-refractivity contribution in [2.45, 2.75) is 32.7 Å². The van der Waals surface area contributed by atoms with Gasteiger partial charge >= 0.3 is 0 Å². The van der Waals surface area contributed by atoms with Crippen LogP contribution in [0, 0.1) is 0 Å². The molecule has 0 unspecified atom stereocenters. The van der Waals surface area contributed by atoms with Crippen molar-refractivity contribution in [2.24, 2.45) is 0 Å². The third kappa shape index (κ3) is 4.43. The van der Waals surface area contributed by atoms with E-state index in [1.807, 2.05) is 56.3 Å². The highest BCUT2D eigenvalue weighted by Crippen LogP contribution is 2.36. The number of aromatic nitrogens is 1. The van der Waals surface area contributed by atoms with Crippen molar-refractivity contribution in [1.29, 1.82) is 0 Å². The Morgan fingerprint density at radius 1 is 1.18 bits per heavy atom. The molecule has 146 valence electrons. The number of aliphatic hydroxyl groups is 1. The Bertz CT molecular complexity index is 978. The fraction of sp³-hybridized carbons (Fsp3) is 0.273. The van der Waals surface area contributed by atoms with E-state index < -0.39 is 5.54 Å². The summed E-state index contributed by atoms with van der Waals surface area (Å²) in [6, 6.07) is 15.0. The first-order valence-corrected chi connectivity index (χ1v) is 9.44. The van der Waals surface area contributed by atoms with E-state index in [-0.39, 0.29) is 12.5 Å². The number of rotatable bonds is 6. The maximum atomic E-state index is 11.7. The SMILES string of the molecule is CC(=O)NC(C)(C)c1nc(-c2ccc(CCO)cc2)oc1-c1cccc(Cl)c1. The normalized spacial score (nSPS) is 11.5. The molecule has 0 saturated heterocycles. The van der Waals surface area contributed by atoms with Gasteiger partial charge in [-0.25, -0.2) is 4.98 Å². The molecule has 2 N–H and O–H groups in total. The number of halogens is 1. The lowest BCUT2D eigenvalue weighted by molar-refractivity contribution is -0.120. The number of hydrogen-bond acceptors (Lipinski definition) is 4. The monoisotopic (exact) mass is 398 g/mol. The highest BCUT2D eigenvalue weighted by Gasteiger charge is 2.31. The summed E-state index contributed by atoms with van der Waals surface area (Å²) in [7, 11) is 0. The van der Waals surface area contributed by atoms with Crippen molar-refractivity contribution < 1.29 is 14.3 Å². The molecule has 0 fully saturated rings. The van der Waals surface area contributed by atoms with Gasteiger partial charge in [0.1, 0.15) is 5.69 Å². The van der Waals surface area contributed by atoms with Gasteiger partial charge in [0.05, 0.1) is 5.54 Å². The minimum atomic E-state index is -0.734. The number of oxazole rings is 1. The van der Waals surface area contributed by atoms with Gasteiger partial charge in [0.25, 0.3) is 0 Å². The summed E-state index contributed by atoms with van der Waals surface area (Å²) >= 11 is 6.16. The van der Waals surface area contributed by atoms with Crippen LogP contribution in [0.5, 0.6) is 0 Å². The molecule has 1 amide bonds. The van der Waals surface area contributed by atoms with Crippen molar-refractivity contribution in [2.75, 3.05) is 6.61 Å². The lowest BCUT2D eigenvalue weighted by atomic mass is 9.96. The lowest BCUT2D eigenvalue weighted by Gasteiger charge is -2.24. The molecule has 0 atom stereocenters. The van der Waals surface area contributed by atoms with Crippen LogP contribution in [0.25, 0.3) is 22.8 Å². The maximum absolute atomic E-state index is 11.7. The van der Waals surface area contributed by atoms with Crippen LogP contribution in [0.1, 0.15) is 32.0 Å². The first kappa shape index (κ1) is 20.1. The summed E-state index contributed by atoms with van der Waals surface area (Å²) in [6.45, 7) is 5.34. The minimum Gasteiger partial charge on any atom is -0.436 e. The van der Waals surface area contributed by atoms with Gasteiger partial charge in [-0.15, -0.1) is 0 Å². The van der Waals surface area contributed by atoms with E-state index in [0.29, 0.717) is 28.8 Å². The fourth-order valence-corrected chi connectivity index (χ4v) is 3.33. The molecule has 0 bridgehead atoms. The van der Waals surface area contributed by atoms with Gasteiger partial charge in [-0.1, -0.05) is 35.9 Å². The first-order valence-electron chi connectivity index (χ1n) is 9.06. The number of carbonyl (C=O) groups excluding carboxylic acids is 1. The van der Waals surface area contributed by atoms with E-state index in [2.05, 4.69) is 5.32 Å². The number of aliphatic hydroxyl groups excluding tert-OH is 1. The largest absolute Gasteiger partial charge is 0.436 e. The van der Waals surface area contributed by atoms with Crippen LogP contribution in [0.4, 0.5) is 0 Å². The molecule has 3 rings (SSSR count). The van der Waals surface area contributed by atoms with Gasteiger partial charge in [0, 0.05) is 29.7 Å². The van der Waals surface area contributed by atoms with Crippen LogP contribution in [0.15, 0.2) is 52.9 Å². The number of carbonyl (C=O) groups is 1. The molecule has 0 aliphatic rings. The molecule has 1 aromatic heterocycles. The molecule has 28 heavy (non-hydrogen) atoms. The highest BCUT2D eigenvalue weighted by atomic mass is 35.5. The number of hydrogen-bond donors (Lipinski definition) is 2. The van der Waals surface area contributed by atoms with E-state index in [0.717, 1.165) is 16.7 Å². The third-order valence-electron chi connectivity index (χ3n) is 4.40. The lowest BCUT2D eigenvalue weighted by Crippen LogP contribution is -2.40. The molecule has 0 aliphatic heterocycles. The second kappa shape index (κ2) is 8.17. The van der Waals surface area contributed by atoms with Crippen molar-refractivity contribution >= 4 is 17.5 Å². The Hall–Kier alpha value is -2.63. The maximum Gasteiger partial charge on any atom is 0.227 e. The quantitative estimate of drug-likeness (QED) is 0.637. The first-order chi connectivity index (χ1) is 13.3. The molecule has 0 aliphatic carbocycles. The smallest absolute Gasteiger partial charge is 0.227 e. The van der Waals surface area contributed by atoms with Gasteiger partial charge < -0.3 is 14.8 Å². The zero-order chi connectivity index (χ0) is 20.3. The van der Waals surface area contributed by atoms with E-state index in [9.17, 15) is 4.79 Å². The number of nitrogens with zero attached hydrogens (tertiary/aromatic N) is 1. The van der Waals surface area contributed by atoms with Crippen LogP contribution in [0.2, 0.25) is 5.02 Å². The summed E-state index contributed by atoms with van der Waals surface area (Å²) in [5, 5.41) is 12.6. The van der Waals surface area contributed by atoms with Gasteiger partial charge in [0.2, 0.25) is 11.8 Å². The fourth-order valence-electron chi connectivity index (χ4n) is 3.13. The molecule has 5 nitrogen and oxygen atoms in total. The van der Waals surface area contributed by atoms with Gasteiger partial charge in [-0.2, -0.15) is 0 Å². The zero-order valence-electron chi connectivity index (χ0n) is 16.1. The molecular weight excluding hydrogens is 376 g/mol. The van der Waals surface area contributed by atoms with E-state index in [1.165, 1.54) is 6.92 Å². The van der Waals surface area contributed by atoms with E-state index >= 15 is 0 Å². The molecule has 2 aromatic carbocycles. The van der Waals surface area contributed by atoms with Crippen molar-refractivity contribution in [1.82, 2.24) is 10.3 Å². The summed E-state index contributed by atoms with van der Waals surface area (Å²) in [5.41, 5.74) is 2.53. The Kier molecular flexibility index (Phi) is 5.87. The average molecular weight is 399 g/mol. The second-order valence-corrected chi connectivity index (χ2v) is 7.62. The molecule has 3 aromatic rings. The van der Waals surface area contributed by atoms with Crippen LogP contribution < -0.4 is 5.32 Å². The molecule has 6 heteroatoms. The topological polar surface area (TPSA) is 75.4 Å². The Labute approximate surface area is 169 Å². The number of amides is 1. The second-order valence-electron chi connectivity index (χ2n) is 7.18. The molecule has 0 spiro atoms. The Morgan fingerprint density at radius 2 is 1.89 bits per heavy atom. The van der Waals surface area contributed by atoms with Gasteiger partial charge in [0.15, 0.2) is 5.76 Å². The summed E-state index contributed by atoms with van der Waals surface area (Å²) < 4.78 is 6.14. The predicted molar refractivity (Wildman–Crippen MR) is 110 cm³/mol.